The zero-order chi connectivity index (χ0) is 4.12. The van der Waals surface area contributed by atoms with E-state index in [4.69, 9.17) is 0 Å². The molecule has 0 spiro atoms. The molecule has 0 aromatic heterocycles. The average molecular weight is 72.1 g/mol. The van der Waals surface area contributed by atoms with Crippen LogP contribution < -0.4 is 5.32 Å². The monoisotopic (exact) mass is 72.1 g/mol. The van der Waals surface area contributed by atoms with Gasteiger partial charge in [-0.05, 0) is 7.05 Å². The summed E-state index contributed by atoms with van der Waals surface area (Å²) < 4.78 is 0. The van der Waals surface area contributed by atoms with Crippen molar-refractivity contribution in [2.75, 3.05) is 14.1 Å². The number of aliphatic imine (C=N–C) groups is 1. The Kier molecular flexibility index (Phi) is 3.36. The molecule has 0 aromatic rings. The standard InChI is InChI=1S/C3H8N2/c1-4-3-5-2/h4H2,1-2H3. The van der Waals surface area contributed by atoms with E-state index >= 15 is 0 Å². The van der Waals surface area contributed by atoms with E-state index in [-0.39, 0.29) is 0 Å². The van der Waals surface area contributed by atoms with Crippen LogP contribution in [0.5, 0.6) is 0 Å². The highest BCUT2D eigenvalue weighted by molar-refractivity contribution is 5.40. The molecule has 0 unspecified atom stereocenters. The summed E-state index contributed by atoms with van der Waals surface area (Å²) in [5.41, 5.74) is 0. The predicted octanol–water partition coefficient (Wildman–Crippen LogP) is -1.29. The first kappa shape index (κ1) is 4.63. The first-order chi connectivity index (χ1) is 2.41. The van der Waals surface area contributed by atoms with Crippen molar-refractivity contribution in [3.05, 3.63) is 0 Å². The lowest BCUT2D eigenvalue weighted by atomic mass is 11.1. The van der Waals surface area contributed by atoms with Crippen molar-refractivity contribution in [3.8, 4) is 0 Å². The molecule has 0 aliphatic rings. The van der Waals surface area contributed by atoms with Crippen molar-refractivity contribution in [1.29, 1.82) is 0 Å². The minimum atomic E-state index is 1.69. The SMILES string of the molecule is CN=[C-][NH2+]C. The van der Waals surface area contributed by atoms with Crippen molar-refractivity contribution in [1.82, 2.24) is 0 Å². The number of hydrogen-bond acceptors (Lipinski definition) is 1. The van der Waals surface area contributed by atoms with Gasteiger partial charge in [-0.25, -0.2) is 0 Å². The second-order valence-corrected chi connectivity index (χ2v) is 0.641. The topological polar surface area (TPSA) is 29.0 Å². The first-order valence-corrected chi connectivity index (χ1v) is 1.54. The summed E-state index contributed by atoms with van der Waals surface area (Å²) >= 11 is 0. The molecule has 0 aliphatic heterocycles. The maximum absolute atomic E-state index is 3.55. The molecule has 0 aliphatic carbocycles. The number of quaternary nitrogens is 1. The number of nitrogens with two attached hydrogens (primary N) is 1. The Morgan fingerprint density at radius 2 is 2.40 bits per heavy atom. The van der Waals surface area contributed by atoms with Crippen molar-refractivity contribution in [2.24, 2.45) is 4.99 Å². The van der Waals surface area contributed by atoms with E-state index in [9.17, 15) is 0 Å². The molecule has 2 N–H and O–H groups in total. The molecular formula is C3H8N2. The Morgan fingerprint density at radius 1 is 1.80 bits per heavy atom. The lowest BCUT2D eigenvalue weighted by Gasteiger charge is -1.86. The molecule has 30 valence electrons. The van der Waals surface area contributed by atoms with Crippen LogP contribution in [0.15, 0.2) is 4.99 Å². The largest absolute Gasteiger partial charge is 0.463 e. The maximum Gasteiger partial charge on any atom is 0.0438 e. The van der Waals surface area contributed by atoms with Crippen molar-refractivity contribution >= 4 is 6.34 Å². The molecule has 5 heavy (non-hydrogen) atoms. The zero-order valence-electron chi connectivity index (χ0n) is 3.52. The average Bonchev–Trinajstić information content (AvgIpc) is 1.41. The van der Waals surface area contributed by atoms with E-state index in [0.29, 0.717) is 0 Å². The van der Waals surface area contributed by atoms with E-state index in [1.165, 1.54) is 0 Å². The zero-order valence-corrected chi connectivity index (χ0v) is 3.52. The van der Waals surface area contributed by atoms with Gasteiger partial charge in [0.25, 0.3) is 0 Å². The van der Waals surface area contributed by atoms with Crippen LogP contribution in [0.3, 0.4) is 0 Å². The Bertz CT molecular complexity index is 31.9. The third-order valence-electron chi connectivity index (χ3n) is 0.258. The highest BCUT2D eigenvalue weighted by Crippen LogP contribution is 1.28. The summed E-state index contributed by atoms with van der Waals surface area (Å²) in [6.45, 7) is 0. The molecule has 0 heterocycles. The normalized spacial score (nSPS) is 10.0. The highest BCUT2D eigenvalue weighted by Gasteiger charge is 1.33. The summed E-state index contributed by atoms with van der Waals surface area (Å²) in [5, 5.41) is 1.76. The molecule has 0 amide bonds. The van der Waals surface area contributed by atoms with E-state index in [0.717, 1.165) is 0 Å². The molecule has 2 nitrogen and oxygen atoms in total. The molecule has 2 heteroatoms. The smallest absolute Gasteiger partial charge is 0.0438 e. The fourth-order valence-electron chi connectivity index (χ4n) is 0.129. The van der Waals surface area contributed by atoms with Gasteiger partial charge in [-0.3, -0.25) is 0 Å². The molecule has 0 bridgehead atoms. The molecule has 0 atom stereocenters. The van der Waals surface area contributed by atoms with Crippen LogP contribution >= 0.6 is 0 Å². The van der Waals surface area contributed by atoms with Crippen LogP contribution in [0.2, 0.25) is 0 Å². The Balaban J connectivity index is 2.62. The third kappa shape index (κ3) is 3.63. The molecule has 0 saturated heterocycles. The number of nitrogens with zero attached hydrogens (tertiary/aromatic N) is 1. The number of rotatable bonds is 1. The van der Waals surface area contributed by atoms with Gasteiger partial charge in [0.1, 0.15) is 0 Å². The first-order valence-electron chi connectivity index (χ1n) is 1.54. The van der Waals surface area contributed by atoms with Gasteiger partial charge < -0.3 is 10.3 Å². The van der Waals surface area contributed by atoms with Crippen molar-refractivity contribution < 1.29 is 5.32 Å². The summed E-state index contributed by atoms with van der Waals surface area (Å²) in [5.74, 6) is 0. The predicted molar refractivity (Wildman–Crippen MR) is 21.2 cm³/mol. The van der Waals surface area contributed by atoms with Gasteiger partial charge in [0.2, 0.25) is 0 Å². The Morgan fingerprint density at radius 3 is 2.40 bits per heavy atom. The van der Waals surface area contributed by atoms with Gasteiger partial charge in [0.15, 0.2) is 0 Å². The van der Waals surface area contributed by atoms with E-state index < -0.39 is 0 Å². The maximum atomic E-state index is 3.55. The minimum Gasteiger partial charge on any atom is -0.463 e. The van der Waals surface area contributed by atoms with Crippen molar-refractivity contribution in [3.63, 3.8) is 0 Å². The molecule has 0 fully saturated rings. The van der Waals surface area contributed by atoms with E-state index in [1.807, 2.05) is 7.05 Å². The minimum absolute atomic E-state index is 1.69. The molecule has 0 saturated carbocycles. The quantitative estimate of drug-likeness (QED) is 0.227. The van der Waals surface area contributed by atoms with Gasteiger partial charge >= 0.3 is 0 Å². The van der Waals surface area contributed by atoms with Crippen molar-refractivity contribution in [2.45, 2.75) is 0 Å². The lowest BCUT2D eigenvalue weighted by molar-refractivity contribution is -0.496. The fraction of sp³-hybridized carbons (Fsp3) is 0.667. The Labute approximate surface area is 31.9 Å². The second kappa shape index (κ2) is 3.63. The summed E-state index contributed by atoms with van der Waals surface area (Å²) in [7, 11) is 3.58. The highest BCUT2D eigenvalue weighted by atomic mass is 14.9. The second-order valence-electron chi connectivity index (χ2n) is 0.641. The van der Waals surface area contributed by atoms with Gasteiger partial charge in [-0.2, -0.15) is 6.34 Å². The van der Waals surface area contributed by atoms with E-state index in [1.54, 1.807) is 12.4 Å². The summed E-state index contributed by atoms with van der Waals surface area (Å²) in [6.07, 6.45) is 2.61. The van der Waals surface area contributed by atoms with Crippen LogP contribution in [-0.2, 0) is 0 Å². The fourth-order valence-corrected chi connectivity index (χ4v) is 0.129. The van der Waals surface area contributed by atoms with Crippen LogP contribution in [0.1, 0.15) is 0 Å². The van der Waals surface area contributed by atoms with Crippen LogP contribution in [0.4, 0.5) is 0 Å². The van der Waals surface area contributed by atoms with Crippen LogP contribution in [0.25, 0.3) is 0 Å². The van der Waals surface area contributed by atoms with Gasteiger partial charge in [-0.15, -0.1) is 0 Å². The van der Waals surface area contributed by atoms with Gasteiger partial charge in [0, 0.05) is 7.05 Å². The van der Waals surface area contributed by atoms with E-state index in [2.05, 4.69) is 11.3 Å². The molecule has 0 rings (SSSR count). The van der Waals surface area contributed by atoms with Crippen LogP contribution in [0, 0.1) is 0 Å². The summed E-state index contributed by atoms with van der Waals surface area (Å²) in [6, 6.07) is 0. The molecular weight excluding hydrogens is 64.0 g/mol. The third-order valence-corrected chi connectivity index (χ3v) is 0.258. The van der Waals surface area contributed by atoms with Crippen LogP contribution in [-0.4, -0.2) is 20.4 Å². The van der Waals surface area contributed by atoms with Gasteiger partial charge in [0.05, 0.1) is 0 Å². The van der Waals surface area contributed by atoms with Gasteiger partial charge in [-0.1, -0.05) is 0 Å². The summed E-state index contributed by atoms with van der Waals surface area (Å²) in [4.78, 5) is 3.55. The number of hydrogen-bond donors (Lipinski definition) is 1. The Hall–Kier alpha value is -0.370. The molecule has 0 aromatic carbocycles. The molecule has 0 radical (unpaired) electrons. The lowest BCUT2D eigenvalue weighted by Crippen LogP contribution is -2.77.